The number of hydrogen-bond donors (Lipinski definition) is 1. The van der Waals surface area contributed by atoms with Crippen LogP contribution in [0.5, 0.6) is 0 Å². The molecule has 6 heteroatoms. The van der Waals surface area contributed by atoms with Gasteiger partial charge in [-0.1, -0.05) is 0 Å². The lowest BCUT2D eigenvalue weighted by atomic mass is 10.0. The van der Waals surface area contributed by atoms with Gasteiger partial charge < -0.3 is 14.6 Å². The first kappa shape index (κ1) is 13.3. The number of carbonyl (C=O) groups excluding carboxylic acids is 1. The summed E-state index contributed by atoms with van der Waals surface area (Å²) < 4.78 is 1.31. The number of carboxylic acids is 1. The molecule has 102 valence electrons. The Labute approximate surface area is 110 Å². The second-order valence-electron chi connectivity index (χ2n) is 4.72. The monoisotopic (exact) mass is 264 g/mol. The van der Waals surface area contributed by atoms with Gasteiger partial charge in [-0.3, -0.25) is 9.59 Å². The van der Waals surface area contributed by atoms with Gasteiger partial charge in [0.05, 0.1) is 5.56 Å². The molecule has 1 aromatic rings. The van der Waals surface area contributed by atoms with Gasteiger partial charge in [0.15, 0.2) is 0 Å². The molecule has 1 amide bonds. The van der Waals surface area contributed by atoms with Gasteiger partial charge in [0, 0.05) is 25.9 Å². The van der Waals surface area contributed by atoms with Crippen molar-refractivity contribution < 1.29 is 14.7 Å². The summed E-state index contributed by atoms with van der Waals surface area (Å²) in [7, 11) is 1.56. The van der Waals surface area contributed by atoms with E-state index in [0.29, 0.717) is 18.5 Å². The molecule has 0 spiro atoms. The zero-order chi connectivity index (χ0) is 14.0. The van der Waals surface area contributed by atoms with Crippen LogP contribution in [0.4, 0.5) is 0 Å². The van der Waals surface area contributed by atoms with Gasteiger partial charge in [0.25, 0.3) is 5.91 Å². The first-order valence-corrected chi connectivity index (χ1v) is 6.21. The lowest BCUT2D eigenvalue weighted by molar-refractivity contribution is -0.143. The van der Waals surface area contributed by atoms with Crippen LogP contribution in [-0.4, -0.2) is 39.0 Å². The largest absolute Gasteiger partial charge is 0.480 e. The normalized spacial score (nSPS) is 19.2. The quantitative estimate of drug-likeness (QED) is 0.841. The topological polar surface area (TPSA) is 79.6 Å². The summed E-state index contributed by atoms with van der Waals surface area (Å²) in [5.74, 6) is -1.31. The molecule has 0 aromatic carbocycles. The molecule has 2 heterocycles. The average Bonchev–Trinajstić information content (AvgIpc) is 2.41. The Balaban J connectivity index is 2.28. The van der Waals surface area contributed by atoms with Gasteiger partial charge >= 0.3 is 5.97 Å². The molecule has 1 saturated heterocycles. The zero-order valence-corrected chi connectivity index (χ0v) is 10.7. The van der Waals surface area contributed by atoms with Crippen LogP contribution in [-0.2, 0) is 11.8 Å². The number of carbonyl (C=O) groups is 2. The molecule has 1 aliphatic rings. The van der Waals surface area contributed by atoms with Crippen molar-refractivity contribution >= 4 is 11.9 Å². The number of piperidine rings is 1. The van der Waals surface area contributed by atoms with Crippen LogP contribution in [0, 0.1) is 0 Å². The maximum atomic E-state index is 12.3. The van der Waals surface area contributed by atoms with E-state index >= 15 is 0 Å². The third kappa shape index (κ3) is 2.67. The van der Waals surface area contributed by atoms with Crippen LogP contribution in [0.1, 0.15) is 29.6 Å². The molecule has 1 N–H and O–H groups in total. The Hall–Kier alpha value is -2.11. The molecule has 2 rings (SSSR count). The van der Waals surface area contributed by atoms with E-state index in [1.165, 1.54) is 27.8 Å². The van der Waals surface area contributed by atoms with Crippen molar-refractivity contribution in [1.82, 2.24) is 9.47 Å². The van der Waals surface area contributed by atoms with Crippen molar-refractivity contribution in [3.63, 3.8) is 0 Å². The van der Waals surface area contributed by atoms with Crippen molar-refractivity contribution in [2.75, 3.05) is 6.54 Å². The van der Waals surface area contributed by atoms with Crippen LogP contribution in [0.2, 0.25) is 0 Å². The maximum absolute atomic E-state index is 12.3. The minimum Gasteiger partial charge on any atom is -0.480 e. The minimum atomic E-state index is -0.974. The summed E-state index contributed by atoms with van der Waals surface area (Å²) in [5, 5.41) is 9.15. The Kier molecular flexibility index (Phi) is 3.69. The van der Waals surface area contributed by atoms with Gasteiger partial charge in [-0.25, -0.2) is 4.79 Å². The number of amides is 1. The Bertz CT molecular complexity index is 564. The summed E-state index contributed by atoms with van der Waals surface area (Å²) in [6, 6.07) is 1.99. The molecule has 1 unspecified atom stereocenters. The van der Waals surface area contributed by atoms with E-state index in [1.54, 1.807) is 7.05 Å². The highest BCUT2D eigenvalue weighted by Crippen LogP contribution is 2.19. The van der Waals surface area contributed by atoms with Gasteiger partial charge in [-0.05, 0) is 25.3 Å². The second-order valence-corrected chi connectivity index (χ2v) is 4.72. The molecule has 0 radical (unpaired) electrons. The van der Waals surface area contributed by atoms with Crippen LogP contribution >= 0.6 is 0 Å². The molecule has 0 bridgehead atoms. The molecule has 1 atom stereocenters. The van der Waals surface area contributed by atoms with Crippen molar-refractivity contribution in [3.05, 3.63) is 34.2 Å². The molecule has 1 fully saturated rings. The van der Waals surface area contributed by atoms with E-state index in [-0.39, 0.29) is 11.5 Å². The maximum Gasteiger partial charge on any atom is 0.326 e. The van der Waals surface area contributed by atoms with Crippen LogP contribution in [0.15, 0.2) is 23.1 Å². The lowest BCUT2D eigenvalue weighted by Crippen LogP contribution is -2.48. The molecule has 19 heavy (non-hydrogen) atoms. The Morgan fingerprint density at radius 2 is 2.05 bits per heavy atom. The first-order chi connectivity index (χ1) is 9.00. The summed E-state index contributed by atoms with van der Waals surface area (Å²) in [5.41, 5.74) is 0.139. The van der Waals surface area contributed by atoms with E-state index < -0.39 is 12.0 Å². The van der Waals surface area contributed by atoms with E-state index in [4.69, 9.17) is 5.11 Å². The number of aryl methyl sites for hydroxylation is 1. The third-order valence-electron chi connectivity index (χ3n) is 3.38. The molecular weight excluding hydrogens is 248 g/mol. The Morgan fingerprint density at radius 3 is 2.68 bits per heavy atom. The van der Waals surface area contributed by atoms with E-state index in [0.717, 1.165) is 12.8 Å². The highest BCUT2D eigenvalue weighted by molar-refractivity contribution is 5.96. The van der Waals surface area contributed by atoms with Crippen molar-refractivity contribution in [2.24, 2.45) is 7.05 Å². The number of hydrogen-bond acceptors (Lipinski definition) is 3. The number of rotatable bonds is 2. The third-order valence-corrected chi connectivity index (χ3v) is 3.38. The van der Waals surface area contributed by atoms with Gasteiger partial charge in [-0.2, -0.15) is 0 Å². The van der Waals surface area contributed by atoms with Crippen LogP contribution in [0.3, 0.4) is 0 Å². The smallest absolute Gasteiger partial charge is 0.326 e. The summed E-state index contributed by atoms with van der Waals surface area (Å²) in [6.45, 7) is 0.443. The number of pyridine rings is 1. The van der Waals surface area contributed by atoms with Crippen molar-refractivity contribution in [1.29, 1.82) is 0 Å². The van der Waals surface area contributed by atoms with E-state index in [2.05, 4.69) is 0 Å². The number of aromatic nitrogens is 1. The molecular formula is C13H16N2O4. The fraction of sp³-hybridized carbons (Fsp3) is 0.462. The Morgan fingerprint density at radius 1 is 1.32 bits per heavy atom. The van der Waals surface area contributed by atoms with Crippen LogP contribution < -0.4 is 5.56 Å². The summed E-state index contributed by atoms with van der Waals surface area (Å²) in [6.07, 6.45) is 3.54. The lowest BCUT2D eigenvalue weighted by Gasteiger charge is -2.33. The van der Waals surface area contributed by atoms with Gasteiger partial charge in [0.2, 0.25) is 5.56 Å². The number of nitrogens with zero attached hydrogens (tertiary/aromatic N) is 2. The van der Waals surface area contributed by atoms with Gasteiger partial charge in [-0.15, -0.1) is 0 Å². The summed E-state index contributed by atoms with van der Waals surface area (Å²) in [4.78, 5) is 36.2. The zero-order valence-electron chi connectivity index (χ0n) is 10.7. The molecule has 1 aliphatic heterocycles. The fourth-order valence-corrected chi connectivity index (χ4v) is 2.32. The number of likely N-dealkylation sites (tertiary alicyclic amines) is 1. The highest BCUT2D eigenvalue weighted by Gasteiger charge is 2.32. The predicted octanol–water partition coefficient (Wildman–Crippen LogP) is 0.465. The van der Waals surface area contributed by atoms with Crippen molar-refractivity contribution in [2.45, 2.75) is 25.3 Å². The second kappa shape index (κ2) is 5.26. The standard InChI is InChI=1S/C13H16N2O4/c1-14-8-9(5-6-11(14)16)12(17)15-7-3-2-4-10(15)13(18)19/h5-6,8,10H,2-4,7H2,1H3,(H,18,19). The SMILES string of the molecule is Cn1cc(C(=O)N2CCCCC2C(=O)O)ccc1=O. The van der Waals surface area contributed by atoms with E-state index in [1.807, 2.05) is 0 Å². The summed E-state index contributed by atoms with van der Waals surface area (Å²) >= 11 is 0. The van der Waals surface area contributed by atoms with E-state index in [9.17, 15) is 14.4 Å². The molecule has 0 aliphatic carbocycles. The highest BCUT2D eigenvalue weighted by atomic mass is 16.4. The fourth-order valence-electron chi connectivity index (χ4n) is 2.32. The van der Waals surface area contributed by atoms with Crippen molar-refractivity contribution in [3.8, 4) is 0 Å². The molecule has 1 aromatic heterocycles. The minimum absolute atomic E-state index is 0.204. The number of aliphatic carboxylic acids is 1. The first-order valence-electron chi connectivity index (χ1n) is 6.21. The van der Waals surface area contributed by atoms with Crippen LogP contribution in [0.25, 0.3) is 0 Å². The molecule has 0 saturated carbocycles. The predicted molar refractivity (Wildman–Crippen MR) is 68.0 cm³/mol. The van der Waals surface area contributed by atoms with Gasteiger partial charge in [0.1, 0.15) is 6.04 Å². The molecule has 6 nitrogen and oxygen atoms in total. The number of carboxylic acid groups (broad SMARTS) is 1. The average molecular weight is 264 g/mol.